The Kier molecular flexibility index (Phi) is 9.97. The lowest BCUT2D eigenvalue weighted by Gasteiger charge is -2.69. The maximum Gasteiger partial charge on any atom is 0.338 e. The number of rotatable bonds is 9. The maximum absolute atomic E-state index is 15.4. The van der Waals surface area contributed by atoms with Crippen LogP contribution in [-0.2, 0) is 37.8 Å². The van der Waals surface area contributed by atoms with Gasteiger partial charge in [-0.05, 0) is 49.5 Å². The lowest BCUT2D eigenvalue weighted by molar-refractivity contribution is -0.351. The summed E-state index contributed by atoms with van der Waals surface area (Å²) in [7, 11) is -2.37. The minimum atomic E-state index is -2.37. The average Bonchev–Trinajstić information content (AvgIpc) is 3.04. The Morgan fingerprint density at radius 2 is 1.55 bits per heavy atom. The number of carbonyl (C=O) groups is 4. The van der Waals surface area contributed by atoms with Gasteiger partial charge < -0.3 is 23.4 Å². The van der Waals surface area contributed by atoms with E-state index in [0.29, 0.717) is 24.0 Å². The van der Waals surface area contributed by atoms with Gasteiger partial charge in [0.05, 0.1) is 24.2 Å². The molecule has 2 saturated carbocycles. The fraction of sp³-hybridized carbons (Fsp3) is 0.692. The molecular weight excluding hydrogens is 641 g/mol. The number of hydrogen-bond donors (Lipinski definition) is 0. The van der Waals surface area contributed by atoms with Gasteiger partial charge in [0.2, 0.25) is 5.78 Å². The molecule has 0 N–H and O–H groups in total. The predicted octanol–water partition coefficient (Wildman–Crippen LogP) is 7.23. The van der Waals surface area contributed by atoms with E-state index in [1.54, 1.807) is 24.3 Å². The highest BCUT2D eigenvalue weighted by Gasteiger charge is 2.78. The third kappa shape index (κ3) is 5.64. The average molecular weight is 697 g/mol. The normalized spacial score (nSPS) is 36.7. The smallest absolute Gasteiger partial charge is 0.338 e. The van der Waals surface area contributed by atoms with Crippen LogP contribution >= 0.6 is 0 Å². The minimum absolute atomic E-state index is 0.0497. The minimum Gasteiger partial charge on any atom is -0.458 e. The van der Waals surface area contributed by atoms with Crippen LogP contribution in [0.25, 0.3) is 0 Å². The van der Waals surface area contributed by atoms with Crippen molar-refractivity contribution < 1.29 is 42.6 Å². The monoisotopic (exact) mass is 696 g/mol. The van der Waals surface area contributed by atoms with Crippen LogP contribution in [-0.4, -0.2) is 68.6 Å². The molecule has 0 spiro atoms. The highest BCUT2D eigenvalue weighted by atomic mass is 28.4. The Balaban J connectivity index is 1.90. The van der Waals surface area contributed by atoms with E-state index in [-0.39, 0.29) is 18.3 Å². The first kappa shape index (κ1) is 37.4. The highest BCUT2D eigenvalue weighted by Crippen LogP contribution is 2.68. The van der Waals surface area contributed by atoms with E-state index in [9.17, 15) is 14.4 Å². The summed E-state index contributed by atoms with van der Waals surface area (Å²) in [6.45, 7) is 21.3. The van der Waals surface area contributed by atoms with Gasteiger partial charge in [0.25, 0.3) is 0 Å². The zero-order valence-corrected chi connectivity index (χ0v) is 32.3. The number of allylic oxidation sites excluding steroid dienone is 1. The molecule has 1 aliphatic heterocycles. The number of ether oxygens (including phenoxy) is 4. The van der Waals surface area contributed by atoms with Gasteiger partial charge in [0.1, 0.15) is 12.2 Å². The van der Waals surface area contributed by atoms with Gasteiger partial charge >= 0.3 is 17.9 Å². The predicted molar refractivity (Wildman–Crippen MR) is 187 cm³/mol. The maximum atomic E-state index is 15.4. The molecule has 1 aromatic carbocycles. The Morgan fingerprint density at radius 3 is 2.06 bits per heavy atom. The fourth-order valence-electron chi connectivity index (χ4n) is 10.0. The number of fused-ring (bicyclic) bond motifs is 5. The molecule has 10 heteroatoms. The first-order valence-corrected chi connectivity index (χ1v) is 20.6. The van der Waals surface area contributed by atoms with Crippen molar-refractivity contribution in [2.45, 2.75) is 137 Å². The van der Waals surface area contributed by atoms with E-state index in [0.717, 1.165) is 23.7 Å². The van der Waals surface area contributed by atoms with Crippen LogP contribution in [0.4, 0.5) is 0 Å². The van der Waals surface area contributed by atoms with Crippen molar-refractivity contribution in [1.29, 1.82) is 0 Å². The Bertz CT molecular complexity index is 1510. The Labute approximate surface area is 292 Å². The molecule has 49 heavy (non-hydrogen) atoms. The van der Waals surface area contributed by atoms with Gasteiger partial charge in [-0.3, -0.25) is 14.4 Å². The second-order valence-corrected chi connectivity index (χ2v) is 20.8. The van der Waals surface area contributed by atoms with E-state index in [2.05, 4.69) is 34.6 Å². The van der Waals surface area contributed by atoms with Gasteiger partial charge in [-0.1, -0.05) is 79.2 Å². The summed E-state index contributed by atoms with van der Waals surface area (Å²) in [5.74, 6) is -2.77. The van der Waals surface area contributed by atoms with Gasteiger partial charge in [-0.15, -0.1) is 0 Å². The summed E-state index contributed by atoms with van der Waals surface area (Å²) in [6.07, 6.45) is -2.49. The molecule has 2 bridgehead atoms. The van der Waals surface area contributed by atoms with Crippen molar-refractivity contribution in [2.75, 3.05) is 6.61 Å². The molecule has 270 valence electrons. The van der Waals surface area contributed by atoms with Gasteiger partial charge in [-0.25, -0.2) is 4.79 Å². The lowest BCUT2D eigenvalue weighted by atomic mass is 9.41. The van der Waals surface area contributed by atoms with Crippen LogP contribution in [0.15, 0.2) is 41.5 Å². The standard InChI is InChI=1S/C39H56O9Si/c1-12-49(13-2,14-3)48-28-20-29-39(22-44-29,47-26(7)41)32-34(46-35(43)27-18-16-15-17-19-27)37(10)21-23(4)24(5)30(36(37,8)9)31(42)33(38(28,32)11)45-25(6)40/h15-19,23,28-29,32-34H,12-14,20-22H2,1-11H3/t23-,28-,29+,32?,33+,34-,37-,38+,39-/m0/s1. The SMILES string of the molecule is CC[Si](CC)(CC)O[C@H]1C[C@H]2OC[C@@]2(OC(C)=O)C2[C@H](OC(=O)c3ccccc3)[C@]3(C)C[C@H](C)C(C)=C(C(=O)[C@@H](OC(C)=O)[C@@]21C)C3(C)C. The molecule has 9 atom stereocenters. The summed E-state index contributed by atoms with van der Waals surface area (Å²) in [5.41, 5.74) is -2.32. The molecular formula is C39H56O9Si. The van der Waals surface area contributed by atoms with Crippen LogP contribution in [0.5, 0.6) is 0 Å². The molecule has 1 saturated heterocycles. The molecule has 0 amide bonds. The van der Waals surface area contributed by atoms with Crippen LogP contribution in [0.3, 0.4) is 0 Å². The molecule has 5 rings (SSSR count). The number of carbonyl (C=O) groups excluding carboxylic acids is 4. The molecule has 1 aromatic rings. The number of benzene rings is 1. The summed E-state index contributed by atoms with van der Waals surface area (Å²) in [6, 6.07) is 11.4. The summed E-state index contributed by atoms with van der Waals surface area (Å²) in [4.78, 5) is 55.9. The Morgan fingerprint density at radius 1 is 0.939 bits per heavy atom. The van der Waals surface area contributed by atoms with Crippen molar-refractivity contribution in [2.24, 2.45) is 28.1 Å². The quantitative estimate of drug-likeness (QED) is 0.150. The van der Waals surface area contributed by atoms with E-state index in [1.807, 2.05) is 33.8 Å². The van der Waals surface area contributed by atoms with Crippen LogP contribution in [0.2, 0.25) is 18.1 Å². The molecule has 3 aliphatic carbocycles. The number of hydrogen-bond acceptors (Lipinski definition) is 9. The first-order valence-electron chi connectivity index (χ1n) is 18.1. The van der Waals surface area contributed by atoms with Crippen molar-refractivity contribution in [3.8, 4) is 0 Å². The van der Waals surface area contributed by atoms with Gasteiger partial charge in [0.15, 0.2) is 20.0 Å². The first-order chi connectivity index (χ1) is 22.9. The van der Waals surface area contributed by atoms with Gasteiger partial charge in [0, 0.05) is 42.1 Å². The van der Waals surface area contributed by atoms with Gasteiger partial charge in [-0.2, -0.15) is 0 Å². The van der Waals surface area contributed by atoms with Crippen molar-refractivity contribution >= 4 is 32.0 Å². The fourth-order valence-corrected chi connectivity index (χ4v) is 13.0. The molecule has 0 radical (unpaired) electrons. The van der Waals surface area contributed by atoms with E-state index < -0.39 is 78.4 Å². The third-order valence-electron chi connectivity index (χ3n) is 13.5. The Hall–Kier alpha value is -2.82. The van der Waals surface area contributed by atoms with Crippen molar-refractivity contribution in [1.82, 2.24) is 0 Å². The molecule has 1 unspecified atom stereocenters. The molecule has 9 nitrogen and oxygen atoms in total. The zero-order chi connectivity index (χ0) is 36.3. The molecule has 1 heterocycles. The van der Waals surface area contributed by atoms with E-state index >= 15 is 4.79 Å². The van der Waals surface area contributed by atoms with Crippen LogP contribution < -0.4 is 0 Å². The van der Waals surface area contributed by atoms with Crippen molar-refractivity contribution in [3.05, 3.63) is 47.0 Å². The number of Topliss-reactive ketones (excluding diaryl/α,β-unsaturated/α-hetero) is 1. The topological polar surface area (TPSA) is 114 Å². The molecule has 4 aliphatic rings. The largest absolute Gasteiger partial charge is 0.458 e. The number of ketones is 1. The number of esters is 3. The molecule has 0 aromatic heterocycles. The molecule has 3 fully saturated rings. The summed E-state index contributed by atoms with van der Waals surface area (Å²) >= 11 is 0. The van der Waals surface area contributed by atoms with Crippen molar-refractivity contribution in [3.63, 3.8) is 0 Å². The summed E-state index contributed by atoms with van der Waals surface area (Å²) < 4.78 is 33.2. The lowest BCUT2D eigenvalue weighted by Crippen LogP contribution is -2.81. The second kappa shape index (κ2) is 13.1. The third-order valence-corrected chi connectivity index (χ3v) is 18.1. The summed E-state index contributed by atoms with van der Waals surface area (Å²) in [5, 5.41) is 0. The second-order valence-electron chi connectivity index (χ2n) is 16.0. The van der Waals surface area contributed by atoms with E-state index in [4.69, 9.17) is 23.4 Å². The van der Waals surface area contributed by atoms with E-state index in [1.165, 1.54) is 13.8 Å². The van der Waals surface area contributed by atoms with Crippen LogP contribution in [0.1, 0.15) is 99.4 Å². The highest BCUT2D eigenvalue weighted by molar-refractivity contribution is 6.73. The van der Waals surface area contributed by atoms with Crippen LogP contribution in [0, 0.1) is 28.1 Å². The zero-order valence-electron chi connectivity index (χ0n) is 31.3.